The monoisotopic (exact) mass is 235 g/mol. The van der Waals surface area contributed by atoms with Gasteiger partial charge in [0.25, 0.3) is 5.91 Å². The van der Waals surface area contributed by atoms with Crippen LogP contribution in [0, 0.1) is 6.92 Å². The van der Waals surface area contributed by atoms with Gasteiger partial charge < -0.3 is 14.7 Å². The lowest BCUT2D eigenvalue weighted by Gasteiger charge is -2.44. The van der Waals surface area contributed by atoms with E-state index in [1.807, 2.05) is 19.1 Å². The molecule has 0 radical (unpaired) electrons. The van der Waals surface area contributed by atoms with E-state index in [-0.39, 0.29) is 5.91 Å². The maximum atomic E-state index is 12.2. The number of β-amino-alcohol motifs (C(OH)–C–C–N with tert-alkyl or cyclic N) is 1. The van der Waals surface area contributed by atoms with E-state index in [0.717, 1.165) is 5.56 Å². The third kappa shape index (κ3) is 2.26. The first-order chi connectivity index (χ1) is 7.93. The van der Waals surface area contributed by atoms with Crippen LogP contribution in [-0.2, 0) is 0 Å². The van der Waals surface area contributed by atoms with Crippen LogP contribution in [0.1, 0.15) is 22.8 Å². The summed E-state index contributed by atoms with van der Waals surface area (Å²) < 4.78 is 5.18. The van der Waals surface area contributed by atoms with Gasteiger partial charge in [-0.1, -0.05) is 11.6 Å². The zero-order valence-electron chi connectivity index (χ0n) is 10.4. The third-order valence-corrected chi connectivity index (χ3v) is 2.94. The molecule has 0 unspecified atom stereocenters. The molecule has 1 fully saturated rings. The minimum Gasteiger partial charge on any atom is -0.496 e. The van der Waals surface area contributed by atoms with Crippen molar-refractivity contribution in [3.63, 3.8) is 0 Å². The Morgan fingerprint density at radius 2 is 2.12 bits per heavy atom. The van der Waals surface area contributed by atoms with E-state index in [2.05, 4.69) is 0 Å². The molecule has 0 aromatic heterocycles. The molecule has 1 aliphatic heterocycles. The molecule has 0 saturated carbocycles. The van der Waals surface area contributed by atoms with Crippen LogP contribution >= 0.6 is 0 Å². The van der Waals surface area contributed by atoms with E-state index in [1.165, 1.54) is 0 Å². The van der Waals surface area contributed by atoms with Gasteiger partial charge in [-0.05, 0) is 26.0 Å². The number of benzene rings is 1. The van der Waals surface area contributed by atoms with Crippen molar-refractivity contribution in [3.05, 3.63) is 29.3 Å². The summed E-state index contributed by atoms with van der Waals surface area (Å²) in [6, 6.07) is 5.51. The molecule has 1 aliphatic rings. The lowest BCUT2D eigenvalue weighted by atomic mass is 9.95. The Kier molecular flexibility index (Phi) is 2.83. The van der Waals surface area contributed by atoms with E-state index in [0.29, 0.717) is 24.4 Å². The number of aryl methyl sites for hydroxylation is 1. The summed E-state index contributed by atoms with van der Waals surface area (Å²) >= 11 is 0. The number of likely N-dealkylation sites (tertiary alicyclic amines) is 1. The number of rotatable bonds is 2. The van der Waals surface area contributed by atoms with Gasteiger partial charge in [-0.3, -0.25) is 4.79 Å². The highest BCUT2D eigenvalue weighted by atomic mass is 16.5. The second-order valence-electron chi connectivity index (χ2n) is 4.86. The Hall–Kier alpha value is -1.55. The van der Waals surface area contributed by atoms with Gasteiger partial charge in [0.05, 0.1) is 31.4 Å². The topological polar surface area (TPSA) is 49.8 Å². The third-order valence-electron chi connectivity index (χ3n) is 2.94. The average Bonchev–Trinajstić information content (AvgIpc) is 2.24. The zero-order valence-corrected chi connectivity index (χ0v) is 10.4. The van der Waals surface area contributed by atoms with Crippen molar-refractivity contribution in [2.24, 2.45) is 0 Å². The molecule has 1 aromatic carbocycles. The van der Waals surface area contributed by atoms with Crippen LogP contribution in [0.2, 0.25) is 0 Å². The quantitative estimate of drug-likeness (QED) is 0.838. The summed E-state index contributed by atoms with van der Waals surface area (Å²) in [6.07, 6.45) is 0. The summed E-state index contributed by atoms with van der Waals surface area (Å²) in [5, 5.41) is 9.64. The fraction of sp³-hybridized carbons (Fsp3) is 0.462. The number of carbonyl (C=O) groups is 1. The highest BCUT2D eigenvalue weighted by molar-refractivity contribution is 5.97. The van der Waals surface area contributed by atoms with Crippen LogP contribution in [0.3, 0.4) is 0 Å². The van der Waals surface area contributed by atoms with Gasteiger partial charge in [-0.15, -0.1) is 0 Å². The number of hydrogen-bond acceptors (Lipinski definition) is 3. The highest BCUT2D eigenvalue weighted by Crippen LogP contribution is 2.26. The van der Waals surface area contributed by atoms with Crippen LogP contribution in [0.15, 0.2) is 18.2 Å². The van der Waals surface area contributed by atoms with E-state index in [9.17, 15) is 9.90 Å². The Balaban J connectivity index is 2.22. The van der Waals surface area contributed by atoms with Gasteiger partial charge in [0.15, 0.2) is 0 Å². The van der Waals surface area contributed by atoms with Gasteiger partial charge in [0.1, 0.15) is 5.75 Å². The molecule has 4 heteroatoms. The van der Waals surface area contributed by atoms with Crippen LogP contribution in [0.4, 0.5) is 0 Å². The Morgan fingerprint density at radius 3 is 2.65 bits per heavy atom. The summed E-state index contributed by atoms with van der Waals surface area (Å²) in [7, 11) is 1.55. The number of carbonyl (C=O) groups excluding carboxylic acids is 1. The second kappa shape index (κ2) is 4.04. The molecule has 0 bridgehead atoms. The molecule has 1 aromatic rings. The van der Waals surface area contributed by atoms with Crippen molar-refractivity contribution in [2.45, 2.75) is 19.4 Å². The summed E-state index contributed by atoms with van der Waals surface area (Å²) in [5.41, 5.74) is 0.830. The van der Waals surface area contributed by atoms with E-state index < -0.39 is 5.60 Å². The molecular formula is C13H17NO3. The molecule has 2 rings (SSSR count). The number of aliphatic hydroxyl groups is 1. The minimum atomic E-state index is -0.743. The fourth-order valence-electron chi connectivity index (χ4n) is 2.08. The molecule has 1 N–H and O–H groups in total. The van der Waals surface area contributed by atoms with Crippen LogP contribution < -0.4 is 4.74 Å². The molecular weight excluding hydrogens is 218 g/mol. The smallest absolute Gasteiger partial charge is 0.257 e. The Labute approximate surface area is 101 Å². The standard InChI is InChI=1S/C13H17NO3/c1-9-4-5-11(17-3)10(6-9)12(15)14-7-13(2,16)8-14/h4-6,16H,7-8H2,1-3H3. The average molecular weight is 235 g/mol. The van der Waals surface area contributed by atoms with Gasteiger partial charge in [0.2, 0.25) is 0 Å². The van der Waals surface area contributed by atoms with Crippen LogP contribution in [-0.4, -0.2) is 41.7 Å². The Bertz CT molecular complexity index is 446. The largest absolute Gasteiger partial charge is 0.496 e. The first-order valence-electron chi connectivity index (χ1n) is 5.59. The SMILES string of the molecule is COc1ccc(C)cc1C(=O)N1CC(C)(O)C1. The fourth-order valence-corrected chi connectivity index (χ4v) is 2.08. The maximum absolute atomic E-state index is 12.2. The molecule has 0 atom stereocenters. The summed E-state index contributed by atoms with van der Waals surface area (Å²) in [6.45, 7) is 4.42. The minimum absolute atomic E-state index is 0.0860. The molecule has 92 valence electrons. The first-order valence-corrected chi connectivity index (χ1v) is 5.59. The second-order valence-corrected chi connectivity index (χ2v) is 4.86. The molecule has 4 nitrogen and oxygen atoms in total. The number of ether oxygens (including phenoxy) is 1. The molecule has 0 spiro atoms. The van der Waals surface area contributed by atoms with Crippen molar-refractivity contribution in [3.8, 4) is 5.75 Å². The van der Waals surface area contributed by atoms with Crippen molar-refractivity contribution in [1.29, 1.82) is 0 Å². The number of nitrogens with zero attached hydrogens (tertiary/aromatic N) is 1. The van der Waals surface area contributed by atoms with Crippen molar-refractivity contribution < 1.29 is 14.6 Å². The summed E-state index contributed by atoms with van der Waals surface area (Å²) in [4.78, 5) is 13.8. The van der Waals surface area contributed by atoms with E-state index in [1.54, 1.807) is 25.0 Å². The molecule has 0 aliphatic carbocycles. The summed E-state index contributed by atoms with van der Waals surface area (Å²) in [5.74, 6) is 0.490. The number of hydrogen-bond donors (Lipinski definition) is 1. The van der Waals surface area contributed by atoms with Crippen molar-refractivity contribution >= 4 is 5.91 Å². The zero-order chi connectivity index (χ0) is 12.6. The lowest BCUT2D eigenvalue weighted by Crippen LogP contribution is -2.61. The normalized spacial score (nSPS) is 17.5. The highest BCUT2D eigenvalue weighted by Gasteiger charge is 2.40. The van der Waals surface area contributed by atoms with E-state index >= 15 is 0 Å². The van der Waals surface area contributed by atoms with Crippen molar-refractivity contribution in [2.75, 3.05) is 20.2 Å². The van der Waals surface area contributed by atoms with Crippen LogP contribution in [0.5, 0.6) is 5.75 Å². The number of amides is 1. The van der Waals surface area contributed by atoms with Crippen molar-refractivity contribution in [1.82, 2.24) is 4.90 Å². The van der Waals surface area contributed by atoms with Gasteiger partial charge in [-0.2, -0.15) is 0 Å². The van der Waals surface area contributed by atoms with E-state index in [4.69, 9.17) is 4.74 Å². The van der Waals surface area contributed by atoms with Gasteiger partial charge in [-0.25, -0.2) is 0 Å². The first kappa shape index (κ1) is 11.9. The van der Waals surface area contributed by atoms with Crippen LogP contribution in [0.25, 0.3) is 0 Å². The molecule has 1 saturated heterocycles. The maximum Gasteiger partial charge on any atom is 0.257 e. The predicted octanol–water partition coefficient (Wildman–Crippen LogP) is 1.21. The Morgan fingerprint density at radius 1 is 1.47 bits per heavy atom. The molecule has 17 heavy (non-hydrogen) atoms. The van der Waals surface area contributed by atoms with Gasteiger partial charge in [0, 0.05) is 0 Å². The lowest BCUT2D eigenvalue weighted by molar-refractivity contribution is -0.0669. The number of methoxy groups -OCH3 is 1. The van der Waals surface area contributed by atoms with Gasteiger partial charge >= 0.3 is 0 Å². The molecule has 1 heterocycles. The predicted molar refractivity (Wildman–Crippen MR) is 64.3 cm³/mol. The molecule has 1 amide bonds.